The van der Waals surface area contributed by atoms with Crippen LogP contribution in [0.25, 0.3) is 0 Å². The van der Waals surface area contributed by atoms with Crippen LogP contribution in [0.2, 0.25) is 0 Å². The average molecular weight is 135 g/mol. The van der Waals surface area contributed by atoms with Crippen LogP contribution < -0.4 is 0 Å². The molecule has 1 rings (SSSR count). The third kappa shape index (κ3) is 1.13. The predicted molar refractivity (Wildman–Crippen MR) is 41.9 cm³/mol. The Hall–Kier alpha value is -0.980. The Morgan fingerprint density at radius 2 is 2.10 bits per heavy atom. The molecule has 10 heavy (non-hydrogen) atoms. The topological polar surface area (TPSA) is 20.2 Å². The lowest BCUT2D eigenvalue weighted by Crippen LogP contribution is -1.81. The fourth-order valence-electron chi connectivity index (χ4n) is 0.915. The quantitative estimate of drug-likeness (QED) is 0.626. The summed E-state index contributed by atoms with van der Waals surface area (Å²) < 4.78 is 0. The Labute approximate surface area is 61.3 Å². The highest BCUT2D eigenvalue weighted by molar-refractivity contribution is 5.42. The van der Waals surface area contributed by atoms with E-state index in [4.69, 9.17) is 0 Å². The minimum atomic E-state index is 0.394. The van der Waals surface area contributed by atoms with Crippen LogP contribution in [-0.4, -0.2) is 5.11 Å². The van der Waals surface area contributed by atoms with Gasteiger partial charge < -0.3 is 5.11 Å². The van der Waals surface area contributed by atoms with Gasteiger partial charge in [0.25, 0.3) is 0 Å². The van der Waals surface area contributed by atoms with E-state index in [-0.39, 0.29) is 0 Å². The van der Waals surface area contributed by atoms with E-state index >= 15 is 0 Å². The minimum Gasteiger partial charge on any atom is -0.507 e. The van der Waals surface area contributed by atoms with Crippen LogP contribution >= 0.6 is 0 Å². The number of aryl methyl sites for hydroxylation is 1. The van der Waals surface area contributed by atoms with Gasteiger partial charge in [-0.3, -0.25) is 0 Å². The van der Waals surface area contributed by atoms with E-state index in [1.165, 1.54) is 0 Å². The first-order chi connectivity index (χ1) is 4.75. The second-order valence-electron chi connectivity index (χ2n) is 2.30. The molecule has 0 atom stereocenters. The van der Waals surface area contributed by atoms with Gasteiger partial charge in [0.1, 0.15) is 5.75 Å². The van der Waals surface area contributed by atoms with E-state index in [2.05, 4.69) is 0 Å². The molecule has 0 bridgehead atoms. The molecule has 0 aromatic heterocycles. The fourth-order valence-corrected chi connectivity index (χ4v) is 0.915. The molecule has 1 aromatic rings. The number of hydrogen-bond donors (Lipinski definition) is 1. The summed E-state index contributed by atoms with van der Waals surface area (Å²) in [6.07, 6.45) is 1.89. The van der Waals surface area contributed by atoms with Gasteiger partial charge in [0.05, 0.1) is 0 Å². The molecule has 0 amide bonds. The average Bonchev–Trinajstić information content (AvgIpc) is 1.95. The first kappa shape index (κ1) is 7.13. The SMILES string of the molecule is C[CH]c1cccc(C)c1O. The van der Waals surface area contributed by atoms with Crippen molar-refractivity contribution >= 4 is 0 Å². The van der Waals surface area contributed by atoms with E-state index in [9.17, 15) is 5.11 Å². The van der Waals surface area contributed by atoms with Crippen LogP contribution in [0.15, 0.2) is 18.2 Å². The van der Waals surface area contributed by atoms with Crippen molar-refractivity contribution in [2.45, 2.75) is 13.8 Å². The highest BCUT2D eigenvalue weighted by Crippen LogP contribution is 2.21. The first-order valence-corrected chi connectivity index (χ1v) is 3.33. The maximum atomic E-state index is 9.37. The molecule has 0 unspecified atom stereocenters. The molecule has 0 spiro atoms. The number of aromatic hydroxyl groups is 1. The maximum Gasteiger partial charge on any atom is 0.121 e. The van der Waals surface area contributed by atoms with Gasteiger partial charge in [-0.15, -0.1) is 0 Å². The lowest BCUT2D eigenvalue weighted by atomic mass is 10.1. The van der Waals surface area contributed by atoms with E-state index in [0.717, 1.165) is 11.1 Å². The molecule has 0 saturated carbocycles. The number of para-hydroxylation sites is 1. The summed E-state index contributed by atoms with van der Waals surface area (Å²) in [5.74, 6) is 0.394. The van der Waals surface area contributed by atoms with Crippen molar-refractivity contribution in [2.24, 2.45) is 0 Å². The van der Waals surface area contributed by atoms with Gasteiger partial charge in [0, 0.05) is 0 Å². The van der Waals surface area contributed by atoms with Crippen LogP contribution in [0.5, 0.6) is 5.75 Å². The highest BCUT2D eigenvalue weighted by Gasteiger charge is 1.99. The number of benzene rings is 1. The lowest BCUT2D eigenvalue weighted by Gasteiger charge is -2.02. The summed E-state index contributed by atoms with van der Waals surface area (Å²) in [4.78, 5) is 0. The number of hydrogen-bond acceptors (Lipinski definition) is 1. The summed E-state index contributed by atoms with van der Waals surface area (Å²) in [6, 6.07) is 5.72. The normalized spacial score (nSPS) is 9.80. The minimum absolute atomic E-state index is 0.394. The van der Waals surface area contributed by atoms with Crippen molar-refractivity contribution in [1.82, 2.24) is 0 Å². The van der Waals surface area contributed by atoms with Crippen LogP contribution in [0, 0.1) is 13.3 Å². The number of rotatable bonds is 1. The van der Waals surface area contributed by atoms with Crippen molar-refractivity contribution in [3.05, 3.63) is 35.7 Å². The van der Waals surface area contributed by atoms with E-state index in [0.29, 0.717) is 5.75 Å². The van der Waals surface area contributed by atoms with E-state index < -0.39 is 0 Å². The Morgan fingerprint density at radius 1 is 1.40 bits per heavy atom. The van der Waals surface area contributed by atoms with Crippen LogP contribution in [0.3, 0.4) is 0 Å². The summed E-state index contributed by atoms with van der Waals surface area (Å²) in [6.45, 7) is 3.80. The number of phenolic OH excluding ortho intramolecular Hbond substituents is 1. The zero-order chi connectivity index (χ0) is 7.56. The molecule has 0 fully saturated rings. The first-order valence-electron chi connectivity index (χ1n) is 3.33. The fraction of sp³-hybridized carbons (Fsp3) is 0.222. The highest BCUT2D eigenvalue weighted by atomic mass is 16.3. The van der Waals surface area contributed by atoms with Crippen LogP contribution in [-0.2, 0) is 0 Å². The van der Waals surface area contributed by atoms with Crippen LogP contribution in [0.1, 0.15) is 18.1 Å². The zero-order valence-corrected chi connectivity index (χ0v) is 6.26. The van der Waals surface area contributed by atoms with E-state index in [1.54, 1.807) is 0 Å². The van der Waals surface area contributed by atoms with Crippen LogP contribution in [0.4, 0.5) is 0 Å². The Bertz CT molecular complexity index is 228. The third-order valence-electron chi connectivity index (χ3n) is 1.58. The molecule has 1 aromatic carbocycles. The molecule has 0 aliphatic carbocycles. The summed E-state index contributed by atoms with van der Waals surface area (Å²) in [5, 5.41) is 9.37. The third-order valence-corrected chi connectivity index (χ3v) is 1.58. The molecular formula is C9H11O. The Morgan fingerprint density at radius 3 is 2.60 bits per heavy atom. The van der Waals surface area contributed by atoms with Gasteiger partial charge in [0.2, 0.25) is 0 Å². The Balaban J connectivity index is 3.14. The molecule has 53 valence electrons. The Kier molecular flexibility index (Phi) is 1.95. The van der Waals surface area contributed by atoms with Gasteiger partial charge in [-0.25, -0.2) is 0 Å². The summed E-state index contributed by atoms with van der Waals surface area (Å²) in [5.41, 5.74) is 1.83. The van der Waals surface area contributed by atoms with Crippen molar-refractivity contribution in [2.75, 3.05) is 0 Å². The molecule has 1 heteroatoms. The smallest absolute Gasteiger partial charge is 0.121 e. The predicted octanol–water partition coefficient (Wildman–Crippen LogP) is 2.27. The van der Waals surface area contributed by atoms with Gasteiger partial charge in [0.15, 0.2) is 0 Å². The van der Waals surface area contributed by atoms with Crippen molar-refractivity contribution in [3.63, 3.8) is 0 Å². The van der Waals surface area contributed by atoms with Gasteiger partial charge in [-0.1, -0.05) is 25.1 Å². The molecule has 1 N–H and O–H groups in total. The summed E-state index contributed by atoms with van der Waals surface area (Å²) >= 11 is 0. The molecule has 0 aliphatic rings. The van der Waals surface area contributed by atoms with Gasteiger partial charge >= 0.3 is 0 Å². The van der Waals surface area contributed by atoms with Gasteiger partial charge in [-0.2, -0.15) is 0 Å². The standard InChI is InChI=1S/C9H11O/c1-3-8-6-4-5-7(2)9(8)10/h3-6,10H,1-2H3. The maximum absolute atomic E-state index is 9.37. The van der Waals surface area contributed by atoms with Gasteiger partial charge in [-0.05, 0) is 24.5 Å². The zero-order valence-electron chi connectivity index (χ0n) is 6.26. The largest absolute Gasteiger partial charge is 0.507 e. The molecule has 1 nitrogen and oxygen atoms in total. The summed E-state index contributed by atoms with van der Waals surface area (Å²) in [7, 11) is 0. The molecular weight excluding hydrogens is 124 g/mol. The van der Waals surface area contributed by atoms with Crippen molar-refractivity contribution in [3.8, 4) is 5.75 Å². The molecule has 0 saturated heterocycles. The van der Waals surface area contributed by atoms with Crippen molar-refractivity contribution < 1.29 is 5.11 Å². The molecule has 0 heterocycles. The van der Waals surface area contributed by atoms with E-state index in [1.807, 2.05) is 38.5 Å². The number of phenols is 1. The molecule has 1 radical (unpaired) electrons. The second-order valence-corrected chi connectivity index (χ2v) is 2.30. The monoisotopic (exact) mass is 135 g/mol. The lowest BCUT2D eigenvalue weighted by molar-refractivity contribution is 0.468. The second kappa shape index (κ2) is 2.74. The van der Waals surface area contributed by atoms with Crippen molar-refractivity contribution in [1.29, 1.82) is 0 Å². The molecule has 0 aliphatic heterocycles.